The Morgan fingerprint density at radius 3 is 1.60 bits per heavy atom. The molecule has 0 aliphatic heterocycles. The SMILES string of the molecule is CNc1cc(CCCc2cnc(C(=O)O)c(NC)c2)cnc1C(=O)O. The van der Waals surface area contributed by atoms with E-state index in [0.29, 0.717) is 11.4 Å². The van der Waals surface area contributed by atoms with Gasteiger partial charge in [-0.05, 0) is 42.5 Å². The van der Waals surface area contributed by atoms with Gasteiger partial charge in [0.2, 0.25) is 0 Å². The van der Waals surface area contributed by atoms with Gasteiger partial charge in [0.1, 0.15) is 0 Å². The summed E-state index contributed by atoms with van der Waals surface area (Å²) in [7, 11) is 3.31. The molecule has 0 aliphatic carbocycles. The maximum absolute atomic E-state index is 11.1. The lowest BCUT2D eigenvalue weighted by atomic mass is 10.0. The topological polar surface area (TPSA) is 124 Å². The molecule has 0 aromatic carbocycles. The van der Waals surface area contributed by atoms with Crippen molar-refractivity contribution in [3.8, 4) is 0 Å². The van der Waals surface area contributed by atoms with E-state index in [1.165, 1.54) is 0 Å². The van der Waals surface area contributed by atoms with Gasteiger partial charge in [0.15, 0.2) is 11.4 Å². The van der Waals surface area contributed by atoms with E-state index in [2.05, 4.69) is 20.6 Å². The zero-order valence-corrected chi connectivity index (χ0v) is 14.0. The van der Waals surface area contributed by atoms with E-state index in [9.17, 15) is 9.59 Å². The molecule has 132 valence electrons. The average Bonchev–Trinajstić information content (AvgIpc) is 2.60. The van der Waals surface area contributed by atoms with Gasteiger partial charge in [-0.25, -0.2) is 19.6 Å². The molecule has 2 aromatic rings. The number of aryl methyl sites for hydroxylation is 2. The number of hydrogen-bond acceptors (Lipinski definition) is 6. The molecule has 0 atom stereocenters. The minimum atomic E-state index is -1.07. The number of nitrogens with zero attached hydrogens (tertiary/aromatic N) is 2. The first-order valence-electron chi connectivity index (χ1n) is 7.76. The lowest BCUT2D eigenvalue weighted by Gasteiger charge is -2.09. The van der Waals surface area contributed by atoms with Crippen LogP contribution in [0.1, 0.15) is 38.5 Å². The van der Waals surface area contributed by atoms with Crippen LogP contribution in [0.15, 0.2) is 24.5 Å². The van der Waals surface area contributed by atoms with Gasteiger partial charge in [-0.1, -0.05) is 0 Å². The van der Waals surface area contributed by atoms with Crippen molar-refractivity contribution in [1.29, 1.82) is 0 Å². The molecule has 0 radical (unpaired) electrons. The second-order valence-corrected chi connectivity index (χ2v) is 5.44. The highest BCUT2D eigenvalue weighted by atomic mass is 16.4. The fourth-order valence-electron chi connectivity index (χ4n) is 2.51. The molecule has 0 bridgehead atoms. The van der Waals surface area contributed by atoms with Crippen LogP contribution in [0.25, 0.3) is 0 Å². The molecule has 2 rings (SSSR count). The highest BCUT2D eigenvalue weighted by Crippen LogP contribution is 2.18. The van der Waals surface area contributed by atoms with Gasteiger partial charge in [0.25, 0.3) is 0 Å². The van der Waals surface area contributed by atoms with E-state index < -0.39 is 11.9 Å². The third-order valence-electron chi connectivity index (χ3n) is 3.76. The molecule has 8 nitrogen and oxygen atoms in total. The van der Waals surface area contributed by atoms with Crippen LogP contribution in [-0.4, -0.2) is 46.2 Å². The highest BCUT2D eigenvalue weighted by molar-refractivity contribution is 5.92. The summed E-state index contributed by atoms with van der Waals surface area (Å²) in [6.07, 6.45) is 5.37. The van der Waals surface area contributed by atoms with Crippen LogP contribution in [-0.2, 0) is 12.8 Å². The second-order valence-electron chi connectivity index (χ2n) is 5.44. The number of carboxylic acid groups (broad SMARTS) is 2. The summed E-state index contributed by atoms with van der Waals surface area (Å²) in [5.74, 6) is -2.14. The Hall–Kier alpha value is -3.16. The van der Waals surface area contributed by atoms with Crippen molar-refractivity contribution in [2.45, 2.75) is 19.3 Å². The van der Waals surface area contributed by atoms with E-state index >= 15 is 0 Å². The molecular weight excluding hydrogens is 324 g/mol. The number of carbonyl (C=O) groups is 2. The molecule has 0 fully saturated rings. The number of aromatic nitrogens is 2. The molecule has 0 aliphatic rings. The number of rotatable bonds is 8. The normalized spacial score (nSPS) is 10.3. The summed E-state index contributed by atoms with van der Waals surface area (Å²) < 4.78 is 0. The number of pyridine rings is 2. The fourth-order valence-corrected chi connectivity index (χ4v) is 2.51. The van der Waals surface area contributed by atoms with Gasteiger partial charge in [0.05, 0.1) is 11.4 Å². The third kappa shape index (κ3) is 4.43. The first kappa shape index (κ1) is 18.2. The zero-order chi connectivity index (χ0) is 18.4. The molecule has 4 N–H and O–H groups in total. The molecule has 0 saturated heterocycles. The summed E-state index contributed by atoms with van der Waals surface area (Å²) in [6, 6.07) is 3.56. The predicted molar refractivity (Wildman–Crippen MR) is 93.5 cm³/mol. The molecule has 8 heteroatoms. The Labute approximate surface area is 144 Å². The van der Waals surface area contributed by atoms with Crippen molar-refractivity contribution in [2.24, 2.45) is 0 Å². The summed E-state index contributed by atoms with van der Waals surface area (Å²) in [5.41, 5.74) is 2.82. The van der Waals surface area contributed by atoms with E-state index in [0.717, 1.165) is 30.4 Å². The highest BCUT2D eigenvalue weighted by Gasteiger charge is 2.13. The van der Waals surface area contributed by atoms with Crippen molar-refractivity contribution < 1.29 is 19.8 Å². The molecule has 0 saturated carbocycles. The van der Waals surface area contributed by atoms with Crippen LogP contribution in [0.4, 0.5) is 11.4 Å². The second kappa shape index (κ2) is 8.09. The molecule has 2 heterocycles. The Morgan fingerprint density at radius 2 is 1.28 bits per heavy atom. The van der Waals surface area contributed by atoms with Crippen molar-refractivity contribution in [1.82, 2.24) is 9.97 Å². The molecule has 0 amide bonds. The van der Waals surface area contributed by atoms with Crippen LogP contribution in [0.2, 0.25) is 0 Å². The standard InChI is InChI=1S/C17H20N4O4/c1-18-12-6-10(8-20-14(12)16(22)23)4-3-5-11-7-13(19-2)15(17(24)25)21-9-11/h6-9,18-19H,3-5H2,1-2H3,(H,22,23)(H,24,25). The van der Waals surface area contributed by atoms with Crippen LogP contribution in [0.3, 0.4) is 0 Å². The first-order chi connectivity index (χ1) is 12.0. The van der Waals surface area contributed by atoms with E-state index in [-0.39, 0.29) is 11.4 Å². The number of nitrogens with one attached hydrogen (secondary N) is 2. The van der Waals surface area contributed by atoms with Gasteiger partial charge in [0, 0.05) is 26.5 Å². The largest absolute Gasteiger partial charge is 0.476 e. The van der Waals surface area contributed by atoms with Crippen molar-refractivity contribution >= 4 is 23.3 Å². The number of hydrogen-bond donors (Lipinski definition) is 4. The van der Waals surface area contributed by atoms with Gasteiger partial charge < -0.3 is 20.8 Å². The van der Waals surface area contributed by atoms with E-state index in [1.54, 1.807) is 38.6 Å². The Morgan fingerprint density at radius 1 is 0.880 bits per heavy atom. The summed E-state index contributed by atoms with van der Waals surface area (Å²) in [6.45, 7) is 0. The monoisotopic (exact) mass is 344 g/mol. The Bertz CT molecular complexity index is 727. The van der Waals surface area contributed by atoms with Crippen LogP contribution < -0.4 is 10.6 Å². The van der Waals surface area contributed by atoms with E-state index in [1.807, 2.05) is 0 Å². The van der Waals surface area contributed by atoms with Gasteiger partial charge in [-0.3, -0.25) is 0 Å². The molecular formula is C17H20N4O4. The number of anilines is 2. The van der Waals surface area contributed by atoms with Crippen LogP contribution in [0.5, 0.6) is 0 Å². The predicted octanol–water partition coefficient (Wildman–Crippen LogP) is 2.13. The lowest BCUT2D eigenvalue weighted by molar-refractivity contribution is 0.0681. The van der Waals surface area contributed by atoms with Crippen molar-refractivity contribution in [3.63, 3.8) is 0 Å². The number of carboxylic acids is 2. The van der Waals surface area contributed by atoms with E-state index in [4.69, 9.17) is 10.2 Å². The Kier molecular flexibility index (Phi) is 5.89. The minimum Gasteiger partial charge on any atom is -0.476 e. The van der Waals surface area contributed by atoms with Gasteiger partial charge >= 0.3 is 11.9 Å². The van der Waals surface area contributed by atoms with Crippen LogP contribution >= 0.6 is 0 Å². The lowest BCUT2D eigenvalue weighted by Crippen LogP contribution is -2.07. The molecule has 25 heavy (non-hydrogen) atoms. The molecule has 2 aromatic heterocycles. The van der Waals surface area contributed by atoms with Crippen molar-refractivity contribution in [3.05, 3.63) is 47.0 Å². The van der Waals surface area contributed by atoms with Crippen molar-refractivity contribution in [2.75, 3.05) is 24.7 Å². The summed E-state index contributed by atoms with van der Waals surface area (Å²) in [5, 5.41) is 23.8. The number of aromatic carboxylic acids is 2. The van der Waals surface area contributed by atoms with Gasteiger partial charge in [-0.2, -0.15) is 0 Å². The zero-order valence-electron chi connectivity index (χ0n) is 14.0. The Balaban J connectivity index is 2.03. The van der Waals surface area contributed by atoms with Gasteiger partial charge in [-0.15, -0.1) is 0 Å². The van der Waals surface area contributed by atoms with Crippen LogP contribution in [0, 0.1) is 0 Å². The average molecular weight is 344 g/mol. The maximum Gasteiger partial charge on any atom is 0.356 e. The summed E-state index contributed by atoms with van der Waals surface area (Å²) >= 11 is 0. The first-order valence-corrected chi connectivity index (χ1v) is 7.76. The fraction of sp³-hybridized carbons (Fsp3) is 0.294. The smallest absolute Gasteiger partial charge is 0.356 e. The molecule has 0 spiro atoms. The minimum absolute atomic E-state index is 0.00151. The maximum atomic E-state index is 11.1. The molecule has 0 unspecified atom stereocenters. The summed E-state index contributed by atoms with van der Waals surface area (Å²) in [4.78, 5) is 30.1. The third-order valence-corrected chi connectivity index (χ3v) is 3.76. The quantitative estimate of drug-likeness (QED) is 0.574.